The molecule has 5 N–H and O–H groups in total. The number of benzene rings is 1. The topological polar surface area (TPSA) is 176 Å². The van der Waals surface area contributed by atoms with Gasteiger partial charge in [0.2, 0.25) is 17.7 Å². The number of nitrogens with one attached hydrogen (secondary N) is 4. The molecular formula is C27H32N6O6S. The summed E-state index contributed by atoms with van der Waals surface area (Å²) in [7, 11) is 0. The smallest absolute Gasteiger partial charge is 0.273 e. The number of nitrogens with zero attached hydrogens (tertiary/aromatic N) is 2. The van der Waals surface area contributed by atoms with Gasteiger partial charge in [-0.25, -0.2) is 9.97 Å². The van der Waals surface area contributed by atoms with Crippen molar-refractivity contribution >= 4 is 35.0 Å². The first-order valence-electron chi connectivity index (χ1n) is 13.0. The number of thiazole rings is 1. The molecule has 1 aliphatic rings. The van der Waals surface area contributed by atoms with Crippen molar-refractivity contribution in [3.63, 3.8) is 0 Å². The fraction of sp³-hybridized carbons (Fsp3) is 0.407. The van der Waals surface area contributed by atoms with Crippen molar-refractivity contribution in [1.29, 1.82) is 0 Å². The summed E-state index contributed by atoms with van der Waals surface area (Å²) in [4.78, 5) is 61.2. The maximum Gasteiger partial charge on any atom is 0.273 e. The molecule has 4 amide bonds. The Labute approximate surface area is 235 Å². The summed E-state index contributed by atoms with van der Waals surface area (Å²) in [6.07, 6.45) is 2.05. The average Bonchev–Trinajstić information content (AvgIpc) is 3.64. The molecule has 1 aromatic carbocycles. The van der Waals surface area contributed by atoms with E-state index in [9.17, 15) is 24.3 Å². The highest BCUT2D eigenvalue weighted by Crippen LogP contribution is 2.28. The van der Waals surface area contributed by atoms with Crippen molar-refractivity contribution < 1.29 is 28.7 Å². The third kappa shape index (κ3) is 6.72. The fourth-order valence-corrected chi connectivity index (χ4v) is 5.14. The van der Waals surface area contributed by atoms with Crippen molar-refractivity contribution in [2.24, 2.45) is 5.92 Å². The van der Waals surface area contributed by atoms with Crippen LogP contribution in [0.4, 0.5) is 0 Å². The third-order valence-corrected chi connectivity index (χ3v) is 7.65. The maximum atomic E-state index is 13.3. The van der Waals surface area contributed by atoms with Crippen molar-refractivity contribution in [1.82, 2.24) is 31.2 Å². The number of aromatic nitrogens is 2. The fourth-order valence-electron chi connectivity index (χ4n) is 4.16. The molecule has 3 aromatic rings. The number of aliphatic hydroxyl groups excluding tert-OH is 1. The molecule has 0 saturated carbocycles. The minimum absolute atomic E-state index is 0.0100. The summed E-state index contributed by atoms with van der Waals surface area (Å²) < 4.78 is 5.45. The van der Waals surface area contributed by atoms with Crippen LogP contribution >= 0.6 is 11.3 Å². The van der Waals surface area contributed by atoms with Crippen LogP contribution in [0.15, 0.2) is 46.4 Å². The Kier molecular flexibility index (Phi) is 9.27. The van der Waals surface area contributed by atoms with E-state index in [4.69, 9.17) is 4.42 Å². The van der Waals surface area contributed by atoms with Crippen LogP contribution in [0.5, 0.6) is 0 Å². The third-order valence-electron chi connectivity index (χ3n) is 6.72. The molecule has 212 valence electrons. The number of aliphatic hydroxyl groups is 1. The maximum absolute atomic E-state index is 13.3. The predicted octanol–water partition coefficient (Wildman–Crippen LogP) is 1.66. The number of fused-ring (bicyclic) bond motifs is 4. The SMILES string of the molecule is CC[C@@H](C)[C@@H]1NC(=O)c2coc(n2)[C@H](C)NC(=O)[C@@H](CO)NC(=O)[C@@H](Cc2ccccc2)NC(=O)c2csc1n2. The number of carbonyl (C=O) groups excluding carboxylic acids is 4. The van der Waals surface area contributed by atoms with Gasteiger partial charge in [0.25, 0.3) is 11.8 Å². The number of amides is 4. The zero-order valence-electron chi connectivity index (χ0n) is 22.3. The standard InChI is InChI=1S/C27H32N6O6S/c1-4-14(2)21-27-32-20(13-40-27)25(38)29-17(10-16-8-6-5-7-9-16)22(35)30-18(11-34)23(36)28-15(3)26-31-19(12-39-26)24(37)33-21/h5-9,12-15,17-18,21,34H,4,10-11H2,1-3H3,(H,28,36)(H,29,38)(H,30,35)(H,33,37)/t14-,15+,17-,18-,21+/m1/s1. The monoisotopic (exact) mass is 568 g/mol. The second-order valence-electron chi connectivity index (χ2n) is 9.67. The van der Waals surface area contributed by atoms with E-state index < -0.39 is 54.4 Å². The van der Waals surface area contributed by atoms with Gasteiger partial charge < -0.3 is 30.8 Å². The van der Waals surface area contributed by atoms with Gasteiger partial charge in [0.05, 0.1) is 12.6 Å². The van der Waals surface area contributed by atoms with Gasteiger partial charge in [0.1, 0.15) is 35.1 Å². The minimum Gasteiger partial charge on any atom is -0.446 e. The average molecular weight is 569 g/mol. The lowest BCUT2D eigenvalue weighted by Crippen LogP contribution is -2.55. The zero-order chi connectivity index (χ0) is 28.8. The Balaban J connectivity index is 1.71. The van der Waals surface area contributed by atoms with E-state index in [1.54, 1.807) is 12.3 Å². The Morgan fingerprint density at radius 3 is 2.35 bits per heavy atom. The van der Waals surface area contributed by atoms with Crippen molar-refractivity contribution in [3.05, 3.63) is 69.8 Å². The zero-order valence-corrected chi connectivity index (χ0v) is 23.2. The first-order valence-corrected chi connectivity index (χ1v) is 13.9. The molecule has 1 aliphatic heterocycles. The summed E-state index contributed by atoms with van der Waals surface area (Å²) in [6.45, 7) is 4.84. The van der Waals surface area contributed by atoms with Crippen LogP contribution in [0, 0.1) is 5.92 Å². The molecule has 0 saturated heterocycles. The number of carbonyl (C=O) groups is 4. The van der Waals surface area contributed by atoms with Crippen LogP contribution in [-0.4, -0.2) is 57.4 Å². The molecule has 12 nitrogen and oxygen atoms in total. The summed E-state index contributed by atoms with van der Waals surface area (Å²) in [6, 6.07) is 5.42. The quantitative estimate of drug-likeness (QED) is 0.309. The molecule has 5 atom stereocenters. The van der Waals surface area contributed by atoms with Crippen LogP contribution in [0.3, 0.4) is 0 Å². The molecule has 0 radical (unpaired) electrons. The first-order chi connectivity index (χ1) is 19.2. The molecule has 0 unspecified atom stereocenters. The molecule has 4 rings (SSSR count). The van der Waals surface area contributed by atoms with Crippen molar-refractivity contribution in [2.45, 2.75) is 57.8 Å². The second-order valence-corrected chi connectivity index (χ2v) is 10.6. The molecule has 3 heterocycles. The summed E-state index contributed by atoms with van der Waals surface area (Å²) in [5.41, 5.74) is 0.876. The summed E-state index contributed by atoms with van der Waals surface area (Å²) in [5, 5.41) is 22.8. The molecule has 0 spiro atoms. The Bertz CT molecular complexity index is 1360. The lowest BCUT2D eigenvalue weighted by atomic mass is 9.99. The van der Waals surface area contributed by atoms with Gasteiger partial charge in [-0.1, -0.05) is 50.6 Å². The second kappa shape index (κ2) is 12.8. The number of hydrogen-bond acceptors (Lipinski definition) is 9. The van der Waals surface area contributed by atoms with E-state index in [2.05, 4.69) is 31.2 Å². The van der Waals surface area contributed by atoms with E-state index in [1.807, 2.05) is 44.2 Å². The normalized spacial score (nSPS) is 23.2. The molecule has 40 heavy (non-hydrogen) atoms. The van der Waals surface area contributed by atoms with Gasteiger partial charge in [-0.15, -0.1) is 11.3 Å². The lowest BCUT2D eigenvalue weighted by molar-refractivity contribution is -0.131. The largest absolute Gasteiger partial charge is 0.446 e. The van der Waals surface area contributed by atoms with Gasteiger partial charge in [-0.2, -0.15) is 0 Å². The highest BCUT2D eigenvalue weighted by Gasteiger charge is 2.31. The predicted molar refractivity (Wildman–Crippen MR) is 145 cm³/mol. The summed E-state index contributed by atoms with van der Waals surface area (Å²) in [5.74, 6) is -2.38. The van der Waals surface area contributed by atoms with E-state index in [0.717, 1.165) is 12.0 Å². The van der Waals surface area contributed by atoms with Crippen molar-refractivity contribution in [3.8, 4) is 0 Å². The molecule has 4 bridgehead atoms. The van der Waals surface area contributed by atoms with Gasteiger partial charge in [-0.3, -0.25) is 19.2 Å². The van der Waals surface area contributed by atoms with Crippen LogP contribution in [0.1, 0.15) is 76.7 Å². The van der Waals surface area contributed by atoms with Gasteiger partial charge in [-0.05, 0) is 18.4 Å². The highest BCUT2D eigenvalue weighted by molar-refractivity contribution is 7.09. The van der Waals surface area contributed by atoms with Gasteiger partial charge >= 0.3 is 0 Å². The lowest BCUT2D eigenvalue weighted by Gasteiger charge is -2.23. The van der Waals surface area contributed by atoms with Crippen molar-refractivity contribution in [2.75, 3.05) is 6.61 Å². The summed E-state index contributed by atoms with van der Waals surface area (Å²) >= 11 is 1.22. The van der Waals surface area contributed by atoms with Crippen LogP contribution in [0.25, 0.3) is 0 Å². The number of oxazole rings is 1. The van der Waals surface area contributed by atoms with Gasteiger partial charge in [0.15, 0.2) is 5.69 Å². The van der Waals surface area contributed by atoms with E-state index in [0.29, 0.717) is 5.01 Å². The Morgan fingerprint density at radius 2 is 1.65 bits per heavy atom. The molecule has 2 aromatic heterocycles. The Morgan fingerprint density at radius 1 is 0.950 bits per heavy atom. The number of hydrogen-bond donors (Lipinski definition) is 5. The number of rotatable bonds is 5. The van der Waals surface area contributed by atoms with Crippen LogP contribution in [0.2, 0.25) is 0 Å². The molecule has 13 heteroatoms. The molecule has 0 aliphatic carbocycles. The van der Waals surface area contributed by atoms with Crippen LogP contribution in [-0.2, 0) is 16.0 Å². The van der Waals surface area contributed by atoms with Gasteiger partial charge in [0, 0.05) is 11.8 Å². The highest BCUT2D eigenvalue weighted by atomic mass is 32.1. The van der Waals surface area contributed by atoms with E-state index in [1.165, 1.54) is 17.6 Å². The van der Waals surface area contributed by atoms with Crippen LogP contribution < -0.4 is 21.3 Å². The minimum atomic E-state index is -1.32. The Hall–Kier alpha value is -4.10. The first kappa shape index (κ1) is 28.9. The van der Waals surface area contributed by atoms with E-state index >= 15 is 0 Å². The molecule has 0 fully saturated rings. The molecular weight excluding hydrogens is 536 g/mol. The van der Waals surface area contributed by atoms with E-state index in [-0.39, 0.29) is 29.6 Å².